The summed E-state index contributed by atoms with van der Waals surface area (Å²) in [7, 11) is 0. The Balaban J connectivity index is 1.78. The monoisotopic (exact) mass is 273 g/mol. The van der Waals surface area contributed by atoms with Crippen molar-refractivity contribution in [3.05, 3.63) is 35.6 Å². The molecule has 1 atom stereocenters. The fourth-order valence-electron chi connectivity index (χ4n) is 2.76. The first-order valence-corrected chi connectivity index (χ1v) is 6.91. The molecule has 0 spiro atoms. The van der Waals surface area contributed by atoms with Crippen molar-refractivity contribution >= 4 is 16.9 Å². The van der Waals surface area contributed by atoms with Crippen molar-refractivity contribution in [3.63, 3.8) is 0 Å². The summed E-state index contributed by atoms with van der Waals surface area (Å²) in [4.78, 5) is 14.0. The van der Waals surface area contributed by atoms with Crippen LogP contribution in [0.2, 0.25) is 0 Å². The Labute approximate surface area is 118 Å². The van der Waals surface area contributed by atoms with Crippen molar-refractivity contribution < 1.29 is 14.3 Å². The number of furan rings is 1. The number of aliphatic hydroxyl groups is 1. The second-order valence-corrected chi connectivity index (χ2v) is 6.00. The highest BCUT2D eigenvalue weighted by Gasteiger charge is 2.33. The molecule has 106 valence electrons. The fraction of sp³-hybridized carbons (Fsp3) is 0.438. The van der Waals surface area contributed by atoms with Crippen LogP contribution in [0.5, 0.6) is 0 Å². The topological polar surface area (TPSA) is 53.7 Å². The van der Waals surface area contributed by atoms with Gasteiger partial charge in [0.05, 0.1) is 18.3 Å². The van der Waals surface area contributed by atoms with Crippen LogP contribution in [0.4, 0.5) is 0 Å². The zero-order valence-electron chi connectivity index (χ0n) is 11.8. The van der Waals surface area contributed by atoms with Gasteiger partial charge in [-0.15, -0.1) is 0 Å². The van der Waals surface area contributed by atoms with Gasteiger partial charge >= 0.3 is 0 Å². The molecule has 0 bridgehead atoms. The summed E-state index contributed by atoms with van der Waals surface area (Å²) in [6.07, 6.45) is 2.63. The van der Waals surface area contributed by atoms with Crippen LogP contribution in [0.15, 0.2) is 28.9 Å². The molecule has 1 aromatic heterocycles. The lowest BCUT2D eigenvalue weighted by atomic mass is 10.1. The molecule has 2 aromatic rings. The SMILES string of the molecule is Cc1ccc2c(CC(=O)N3CCC(C)(O)C3)coc2c1. The minimum absolute atomic E-state index is 0.0473. The highest BCUT2D eigenvalue weighted by molar-refractivity contribution is 5.88. The number of hydrogen-bond acceptors (Lipinski definition) is 3. The van der Waals surface area contributed by atoms with Gasteiger partial charge in [-0.05, 0) is 31.9 Å². The summed E-state index contributed by atoms with van der Waals surface area (Å²) in [5, 5.41) is 10.9. The second-order valence-electron chi connectivity index (χ2n) is 6.00. The summed E-state index contributed by atoms with van der Waals surface area (Å²) in [5.41, 5.74) is 2.13. The quantitative estimate of drug-likeness (QED) is 0.913. The third-order valence-corrected chi connectivity index (χ3v) is 3.96. The number of aryl methyl sites for hydroxylation is 1. The summed E-state index contributed by atoms with van der Waals surface area (Å²) < 4.78 is 5.51. The van der Waals surface area contributed by atoms with E-state index in [0.717, 1.165) is 22.1 Å². The number of carbonyl (C=O) groups is 1. The van der Waals surface area contributed by atoms with Crippen LogP contribution in [-0.4, -0.2) is 34.6 Å². The summed E-state index contributed by atoms with van der Waals surface area (Å²) in [6, 6.07) is 5.99. The first-order valence-electron chi connectivity index (χ1n) is 6.91. The van der Waals surface area contributed by atoms with Crippen LogP contribution in [0.1, 0.15) is 24.5 Å². The van der Waals surface area contributed by atoms with E-state index in [2.05, 4.69) is 0 Å². The predicted octanol–water partition coefficient (Wildman–Crippen LogP) is 2.27. The van der Waals surface area contributed by atoms with Gasteiger partial charge in [-0.3, -0.25) is 4.79 Å². The van der Waals surface area contributed by atoms with Crippen molar-refractivity contribution in [2.45, 2.75) is 32.3 Å². The molecule has 1 aromatic carbocycles. The van der Waals surface area contributed by atoms with Gasteiger partial charge < -0.3 is 14.4 Å². The van der Waals surface area contributed by atoms with Crippen molar-refractivity contribution in [2.75, 3.05) is 13.1 Å². The molecule has 1 saturated heterocycles. The lowest BCUT2D eigenvalue weighted by molar-refractivity contribution is -0.130. The molecule has 1 N–H and O–H groups in total. The largest absolute Gasteiger partial charge is 0.464 e. The molecule has 0 saturated carbocycles. The van der Waals surface area contributed by atoms with E-state index in [1.807, 2.05) is 25.1 Å². The van der Waals surface area contributed by atoms with Crippen LogP contribution >= 0.6 is 0 Å². The molecular weight excluding hydrogens is 254 g/mol. The maximum absolute atomic E-state index is 12.3. The van der Waals surface area contributed by atoms with E-state index >= 15 is 0 Å². The molecule has 1 aliphatic rings. The molecule has 3 rings (SSSR count). The van der Waals surface area contributed by atoms with Crippen molar-refractivity contribution in [3.8, 4) is 0 Å². The number of nitrogens with zero attached hydrogens (tertiary/aromatic N) is 1. The lowest BCUT2D eigenvalue weighted by Gasteiger charge is -2.18. The smallest absolute Gasteiger partial charge is 0.227 e. The number of carbonyl (C=O) groups excluding carboxylic acids is 1. The fourth-order valence-corrected chi connectivity index (χ4v) is 2.76. The predicted molar refractivity (Wildman–Crippen MR) is 76.5 cm³/mol. The molecule has 1 aliphatic heterocycles. The van der Waals surface area contributed by atoms with Crippen molar-refractivity contribution in [1.29, 1.82) is 0 Å². The van der Waals surface area contributed by atoms with Gasteiger partial charge in [0.2, 0.25) is 5.91 Å². The molecule has 20 heavy (non-hydrogen) atoms. The van der Waals surface area contributed by atoms with Gasteiger partial charge in [0.1, 0.15) is 5.58 Å². The van der Waals surface area contributed by atoms with E-state index in [9.17, 15) is 9.90 Å². The third kappa shape index (κ3) is 2.43. The second kappa shape index (κ2) is 4.63. The van der Waals surface area contributed by atoms with Gasteiger partial charge in [-0.2, -0.15) is 0 Å². The normalized spacial score (nSPS) is 22.6. The Bertz CT molecular complexity index is 657. The Kier molecular flexibility index (Phi) is 3.05. The van der Waals surface area contributed by atoms with E-state index in [4.69, 9.17) is 4.42 Å². The average Bonchev–Trinajstić information content (AvgIpc) is 2.93. The van der Waals surface area contributed by atoms with Gasteiger partial charge in [0, 0.05) is 24.0 Å². The number of benzene rings is 1. The highest BCUT2D eigenvalue weighted by atomic mass is 16.3. The van der Waals surface area contributed by atoms with Crippen molar-refractivity contribution in [2.24, 2.45) is 0 Å². The van der Waals surface area contributed by atoms with Gasteiger partial charge in [0.25, 0.3) is 0 Å². The molecule has 0 aliphatic carbocycles. The van der Waals surface area contributed by atoms with Crippen LogP contribution in [0.3, 0.4) is 0 Å². The zero-order valence-corrected chi connectivity index (χ0v) is 11.8. The first-order chi connectivity index (χ1) is 9.44. The van der Waals surface area contributed by atoms with E-state index in [-0.39, 0.29) is 5.91 Å². The Hall–Kier alpha value is -1.81. The third-order valence-electron chi connectivity index (χ3n) is 3.96. The molecule has 1 fully saturated rings. The Morgan fingerprint density at radius 3 is 3.00 bits per heavy atom. The first kappa shape index (κ1) is 13.2. The van der Waals surface area contributed by atoms with E-state index in [0.29, 0.717) is 25.9 Å². The summed E-state index contributed by atoms with van der Waals surface area (Å²) >= 11 is 0. The molecule has 4 nitrogen and oxygen atoms in total. The molecular formula is C16H19NO3. The highest BCUT2D eigenvalue weighted by Crippen LogP contribution is 2.25. The van der Waals surface area contributed by atoms with Gasteiger partial charge in [-0.1, -0.05) is 12.1 Å². The average molecular weight is 273 g/mol. The van der Waals surface area contributed by atoms with Crippen LogP contribution < -0.4 is 0 Å². The van der Waals surface area contributed by atoms with Crippen molar-refractivity contribution in [1.82, 2.24) is 4.90 Å². The molecule has 4 heteroatoms. The summed E-state index contributed by atoms with van der Waals surface area (Å²) in [5.74, 6) is 0.0473. The van der Waals surface area contributed by atoms with Crippen LogP contribution in [-0.2, 0) is 11.2 Å². The number of amides is 1. The van der Waals surface area contributed by atoms with Gasteiger partial charge in [0.15, 0.2) is 0 Å². The maximum atomic E-state index is 12.3. The zero-order chi connectivity index (χ0) is 14.3. The van der Waals surface area contributed by atoms with E-state index < -0.39 is 5.60 Å². The van der Waals surface area contributed by atoms with Crippen LogP contribution in [0, 0.1) is 6.92 Å². The summed E-state index contributed by atoms with van der Waals surface area (Å²) in [6.45, 7) is 4.83. The molecule has 0 radical (unpaired) electrons. The maximum Gasteiger partial charge on any atom is 0.227 e. The van der Waals surface area contributed by atoms with Gasteiger partial charge in [-0.25, -0.2) is 0 Å². The number of fused-ring (bicyclic) bond motifs is 1. The minimum atomic E-state index is -0.745. The van der Waals surface area contributed by atoms with E-state index in [1.54, 1.807) is 18.1 Å². The van der Waals surface area contributed by atoms with E-state index in [1.165, 1.54) is 0 Å². The standard InChI is InChI=1S/C16H19NO3/c1-11-3-4-13-12(9-20-14(13)7-11)8-15(18)17-6-5-16(2,19)10-17/h3-4,7,9,19H,5-6,8,10H2,1-2H3. The molecule has 1 amide bonds. The minimum Gasteiger partial charge on any atom is -0.464 e. The lowest BCUT2D eigenvalue weighted by Crippen LogP contribution is -2.34. The Morgan fingerprint density at radius 2 is 2.30 bits per heavy atom. The number of β-amino-alcohol motifs (C(OH)–C–C–N with tert-alkyl or cyclic N) is 1. The van der Waals surface area contributed by atoms with Crippen LogP contribution in [0.25, 0.3) is 11.0 Å². The number of rotatable bonds is 2. The Morgan fingerprint density at radius 1 is 1.50 bits per heavy atom. The molecule has 1 unspecified atom stereocenters. The molecule has 2 heterocycles. The number of likely N-dealkylation sites (tertiary alicyclic amines) is 1. The number of hydrogen-bond donors (Lipinski definition) is 1.